The van der Waals surface area contributed by atoms with Crippen LogP contribution < -0.4 is 4.74 Å². The summed E-state index contributed by atoms with van der Waals surface area (Å²) in [5, 5.41) is 7.89. The summed E-state index contributed by atoms with van der Waals surface area (Å²) < 4.78 is 49.2. The van der Waals surface area contributed by atoms with Gasteiger partial charge in [-0.05, 0) is 43.3 Å². The molecule has 3 rings (SSSR count). The number of alkyl halides is 3. The molecule has 0 fully saturated rings. The summed E-state index contributed by atoms with van der Waals surface area (Å²) in [7, 11) is 1.54. The van der Waals surface area contributed by atoms with E-state index in [1.165, 1.54) is 19.2 Å². The van der Waals surface area contributed by atoms with Crippen molar-refractivity contribution in [1.82, 2.24) is 15.2 Å². The first-order chi connectivity index (χ1) is 14.3. The first kappa shape index (κ1) is 21.6. The van der Waals surface area contributed by atoms with Crippen molar-refractivity contribution in [3.63, 3.8) is 0 Å². The second-order valence-corrected chi connectivity index (χ2v) is 6.93. The largest absolute Gasteiger partial charge is 0.497 e. The molecule has 0 aliphatic carbocycles. The number of methoxy groups -OCH3 is 1. The van der Waals surface area contributed by atoms with Crippen molar-refractivity contribution in [2.45, 2.75) is 23.0 Å². The van der Waals surface area contributed by atoms with E-state index in [1.54, 1.807) is 31.2 Å². The minimum Gasteiger partial charge on any atom is -0.497 e. The molecule has 0 amide bonds. The molecular weight excluding hydrogens is 419 g/mol. The summed E-state index contributed by atoms with van der Waals surface area (Å²) in [6.07, 6.45) is -4.50. The number of rotatable bonds is 6. The lowest BCUT2D eigenvalue weighted by molar-refractivity contribution is -0.137. The van der Waals surface area contributed by atoms with Crippen LogP contribution in [0.15, 0.2) is 58.5 Å². The zero-order chi connectivity index (χ0) is 21.7. The smallest absolute Gasteiger partial charge is 0.416 e. The molecule has 10 heteroatoms. The molecule has 0 saturated heterocycles. The van der Waals surface area contributed by atoms with Gasteiger partial charge in [-0.1, -0.05) is 23.9 Å². The Hall–Kier alpha value is -3.14. The molecule has 0 radical (unpaired) electrons. The molecule has 156 valence electrons. The maximum absolute atomic E-state index is 13.0. The number of aromatic nitrogens is 3. The van der Waals surface area contributed by atoms with Gasteiger partial charge in [0.2, 0.25) is 5.69 Å². The molecule has 30 heavy (non-hydrogen) atoms. The van der Waals surface area contributed by atoms with Gasteiger partial charge in [-0.2, -0.15) is 13.2 Å². The fourth-order valence-electron chi connectivity index (χ4n) is 2.42. The Morgan fingerprint density at radius 1 is 1.10 bits per heavy atom. The van der Waals surface area contributed by atoms with Gasteiger partial charge in [0.25, 0.3) is 0 Å². The van der Waals surface area contributed by atoms with Crippen molar-refractivity contribution in [3.8, 4) is 17.1 Å². The van der Waals surface area contributed by atoms with Crippen LogP contribution in [0.1, 0.15) is 23.0 Å². The van der Waals surface area contributed by atoms with E-state index in [9.17, 15) is 18.0 Å². The highest BCUT2D eigenvalue weighted by molar-refractivity contribution is 7.99. The zero-order valence-electron chi connectivity index (χ0n) is 15.9. The summed E-state index contributed by atoms with van der Waals surface area (Å²) in [6.45, 7) is 1.77. The van der Waals surface area contributed by atoms with Crippen LogP contribution in [0.4, 0.5) is 13.2 Å². The van der Waals surface area contributed by atoms with Crippen molar-refractivity contribution in [1.29, 1.82) is 0 Å². The second-order valence-electron chi connectivity index (χ2n) is 5.87. The van der Waals surface area contributed by atoms with Crippen molar-refractivity contribution >= 4 is 17.7 Å². The number of hydrogen-bond acceptors (Lipinski definition) is 7. The molecule has 1 heterocycles. The van der Waals surface area contributed by atoms with Crippen LogP contribution in [0, 0.1) is 0 Å². The van der Waals surface area contributed by atoms with Gasteiger partial charge in [0.15, 0.2) is 5.82 Å². The minimum absolute atomic E-state index is 0.0369. The van der Waals surface area contributed by atoms with Crippen LogP contribution in [-0.4, -0.2) is 34.9 Å². The van der Waals surface area contributed by atoms with Crippen molar-refractivity contribution in [2.75, 3.05) is 13.7 Å². The quantitative estimate of drug-likeness (QED) is 0.510. The maximum atomic E-state index is 13.0. The van der Waals surface area contributed by atoms with E-state index in [4.69, 9.17) is 9.47 Å². The van der Waals surface area contributed by atoms with Crippen LogP contribution in [0.5, 0.6) is 5.75 Å². The van der Waals surface area contributed by atoms with E-state index < -0.39 is 17.7 Å². The van der Waals surface area contributed by atoms with Crippen molar-refractivity contribution in [2.24, 2.45) is 0 Å². The predicted molar refractivity (Wildman–Crippen MR) is 103 cm³/mol. The monoisotopic (exact) mass is 435 g/mol. The summed E-state index contributed by atoms with van der Waals surface area (Å²) in [6, 6.07) is 11.6. The maximum Gasteiger partial charge on any atom is 0.416 e. The van der Waals surface area contributed by atoms with Crippen molar-refractivity contribution < 1.29 is 27.4 Å². The first-order valence-electron chi connectivity index (χ1n) is 8.73. The lowest BCUT2D eigenvalue weighted by Crippen LogP contribution is -2.12. The van der Waals surface area contributed by atoms with Crippen LogP contribution in [0.3, 0.4) is 0 Å². The van der Waals surface area contributed by atoms with Gasteiger partial charge in [0.1, 0.15) is 10.8 Å². The van der Waals surface area contributed by atoms with Gasteiger partial charge < -0.3 is 9.47 Å². The van der Waals surface area contributed by atoms with Crippen LogP contribution >= 0.6 is 11.8 Å². The molecule has 0 bridgehead atoms. The first-order valence-corrected chi connectivity index (χ1v) is 9.55. The Bertz CT molecular complexity index is 1040. The minimum atomic E-state index is -4.50. The van der Waals surface area contributed by atoms with Gasteiger partial charge in [0.05, 0.1) is 19.3 Å². The Labute approximate surface area is 174 Å². The predicted octanol–water partition coefficient (Wildman–Crippen LogP) is 4.89. The van der Waals surface area contributed by atoms with Crippen molar-refractivity contribution in [3.05, 3.63) is 59.8 Å². The van der Waals surface area contributed by atoms with Gasteiger partial charge in [0, 0.05) is 10.5 Å². The van der Waals surface area contributed by atoms with Gasteiger partial charge in [-0.15, -0.1) is 10.2 Å². The molecule has 3 aromatic rings. The number of esters is 1. The van der Waals surface area contributed by atoms with Crippen LogP contribution in [0.2, 0.25) is 0 Å². The third-order valence-electron chi connectivity index (χ3n) is 3.85. The van der Waals surface area contributed by atoms with E-state index in [-0.39, 0.29) is 28.7 Å². The highest BCUT2D eigenvalue weighted by Gasteiger charge is 2.31. The fourth-order valence-corrected chi connectivity index (χ4v) is 3.27. The molecule has 0 aliphatic rings. The third-order valence-corrected chi connectivity index (χ3v) is 4.83. The van der Waals surface area contributed by atoms with E-state index in [2.05, 4.69) is 15.2 Å². The fraction of sp³-hybridized carbons (Fsp3) is 0.200. The molecule has 6 nitrogen and oxygen atoms in total. The van der Waals surface area contributed by atoms with E-state index in [0.717, 1.165) is 28.8 Å². The third kappa shape index (κ3) is 5.07. The van der Waals surface area contributed by atoms with Crippen LogP contribution in [-0.2, 0) is 10.9 Å². The highest BCUT2D eigenvalue weighted by atomic mass is 32.2. The Morgan fingerprint density at radius 2 is 1.83 bits per heavy atom. The topological polar surface area (TPSA) is 74.2 Å². The molecule has 0 spiro atoms. The molecule has 0 saturated carbocycles. The summed E-state index contributed by atoms with van der Waals surface area (Å²) in [5.41, 5.74) is -0.819. The Kier molecular flexibility index (Phi) is 6.56. The number of benzene rings is 2. The van der Waals surface area contributed by atoms with Gasteiger partial charge in [-0.25, -0.2) is 9.78 Å². The average molecular weight is 435 g/mol. The number of ether oxygens (including phenoxy) is 2. The summed E-state index contributed by atoms with van der Waals surface area (Å²) in [5.74, 6) is -0.107. The number of carbonyl (C=O) groups is 1. The van der Waals surface area contributed by atoms with Gasteiger partial charge in [-0.3, -0.25) is 0 Å². The number of nitrogens with zero attached hydrogens (tertiary/aromatic N) is 3. The molecule has 0 aliphatic heterocycles. The SMILES string of the molecule is CCOC(=O)c1nnc(-c2cccc(C(F)(F)F)c2)nc1Sc1ccc(OC)cc1. The Morgan fingerprint density at radius 3 is 2.47 bits per heavy atom. The molecule has 2 aromatic carbocycles. The summed E-state index contributed by atoms with van der Waals surface area (Å²) in [4.78, 5) is 17.3. The number of carbonyl (C=O) groups excluding carboxylic acids is 1. The number of halogens is 3. The lowest BCUT2D eigenvalue weighted by Gasteiger charge is -2.10. The zero-order valence-corrected chi connectivity index (χ0v) is 16.8. The molecular formula is C20H16F3N3O3S. The number of hydrogen-bond donors (Lipinski definition) is 0. The normalized spacial score (nSPS) is 11.2. The molecule has 0 N–H and O–H groups in total. The van der Waals surface area contributed by atoms with E-state index in [1.807, 2.05) is 0 Å². The Balaban J connectivity index is 2.02. The lowest BCUT2D eigenvalue weighted by atomic mass is 10.1. The second kappa shape index (κ2) is 9.12. The standard InChI is InChI=1S/C20H16F3N3O3S/c1-3-29-19(27)16-18(30-15-9-7-14(28-2)8-10-15)24-17(26-25-16)12-5-4-6-13(11-12)20(21,22)23/h4-11H,3H2,1-2H3. The molecule has 0 atom stereocenters. The van der Waals surface area contributed by atoms with Gasteiger partial charge >= 0.3 is 12.1 Å². The van der Waals surface area contributed by atoms with Crippen LogP contribution in [0.25, 0.3) is 11.4 Å². The highest BCUT2D eigenvalue weighted by Crippen LogP contribution is 2.33. The molecule has 0 unspecified atom stereocenters. The average Bonchev–Trinajstić information content (AvgIpc) is 2.74. The summed E-state index contributed by atoms with van der Waals surface area (Å²) >= 11 is 1.11. The van der Waals surface area contributed by atoms with E-state index in [0.29, 0.717) is 5.75 Å². The van der Waals surface area contributed by atoms with E-state index >= 15 is 0 Å². The molecule has 1 aromatic heterocycles.